The van der Waals surface area contributed by atoms with Crippen LogP contribution in [0.4, 0.5) is 0 Å². The molecule has 0 N–H and O–H groups in total. The van der Waals surface area contributed by atoms with Crippen LogP contribution in [-0.2, 0) is 4.74 Å². The van der Waals surface area contributed by atoms with Crippen LogP contribution in [0.1, 0.15) is 28.4 Å². The second-order valence-electron chi connectivity index (χ2n) is 5.22. The summed E-state index contributed by atoms with van der Waals surface area (Å²) in [4.78, 5) is 0. The molecule has 108 valence electrons. The molecular formula is C20H22O. The monoisotopic (exact) mass is 278 g/mol. The van der Waals surface area contributed by atoms with Gasteiger partial charge in [0, 0.05) is 7.11 Å². The molecule has 0 aromatic heterocycles. The summed E-state index contributed by atoms with van der Waals surface area (Å²) in [5.41, 5.74) is 4.91. The minimum atomic E-state index is -0.00623. The van der Waals surface area contributed by atoms with E-state index in [1.807, 2.05) is 12.2 Å². The molecule has 0 saturated heterocycles. The summed E-state index contributed by atoms with van der Waals surface area (Å²) >= 11 is 0. The number of ether oxygens (including phenoxy) is 1. The number of rotatable bonds is 5. The van der Waals surface area contributed by atoms with Crippen molar-refractivity contribution in [2.24, 2.45) is 0 Å². The van der Waals surface area contributed by atoms with Gasteiger partial charge in [0.1, 0.15) is 6.10 Å². The lowest BCUT2D eigenvalue weighted by atomic mass is 10.1. The van der Waals surface area contributed by atoms with E-state index in [0.29, 0.717) is 0 Å². The van der Waals surface area contributed by atoms with Crippen molar-refractivity contribution >= 4 is 6.08 Å². The first-order valence-corrected chi connectivity index (χ1v) is 7.20. The lowest BCUT2D eigenvalue weighted by molar-refractivity contribution is 0.143. The predicted octanol–water partition coefficient (Wildman–Crippen LogP) is 5.26. The van der Waals surface area contributed by atoms with Crippen LogP contribution in [0.2, 0.25) is 0 Å². The molecule has 0 aliphatic rings. The van der Waals surface area contributed by atoms with Gasteiger partial charge >= 0.3 is 0 Å². The molecule has 1 heteroatoms. The van der Waals surface area contributed by atoms with Crippen LogP contribution in [-0.4, -0.2) is 7.11 Å². The standard InChI is InChI=1S/C20H22O/c1-16-8-12-18(13-9-16)6-4-5-7-20(21-3)19-14-10-17(2)11-15-19/h4-15,20H,1-3H3/b6-4+,7-5+. The van der Waals surface area contributed by atoms with E-state index in [1.54, 1.807) is 7.11 Å². The minimum Gasteiger partial charge on any atom is -0.373 e. The highest BCUT2D eigenvalue weighted by atomic mass is 16.5. The van der Waals surface area contributed by atoms with Crippen molar-refractivity contribution in [2.75, 3.05) is 7.11 Å². The van der Waals surface area contributed by atoms with Crippen LogP contribution < -0.4 is 0 Å². The summed E-state index contributed by atoms with van der Waals surface area (Å²) in [7, 11) is 1.73. The van der Waals surface area contributed by atoms with E-state index in [2.05, 4.69) is 74.5 Å². The van der Waals surface area contributed by atoms with Crippen LogP contribution in [0.5, 0.6) is 0 Å². The van der Waals surface area contributed by atoms with Crippen LogP contribution >= 0.6 is 0 Å². The second-order valence-corrected chi connectivity index (χ2v) is 5.22. The smallest absolute Gasteiger partial charge is 0.101 e. The van der Waals surface area contributed by atoms with Gasteiger partial charge in [0.05, 0.1) is 0 Å². The molecular weight excluding hydrogens is 256 g/mol. The molecule has 0 amide bonds. The minimum absolute atomic E-state index is 0.00623. The molecule has 0 aliphatic heterocycles. The fraction of sp³-hybridized carbons (Fsp3) is 0.200. The maximum atomic E-state index is 5.52. The quantitative estimate of drug-likeness (QED) is 0.678. The fourth-order valence-corrected chi connectivity index (χ4v) is 2.09. The zero-order chi connectivity index (χ0) is 15.1. The summed E-state index contributed by atoms with van der Waals surface area (Å²) in [5.74, 6) is 0. The lowest BCUT2D eigenvalue weighted by Gasteiger charge is -2.11. The average molecular weight is 278 g/mol. The van der Waals surface area contributed by atoms with Crippen LogP contribution in [0.15, 0.2) is 66.8 Å². The number of methoxy groups -OCH3 is 1. The van der Waals surface area contributed by atoms with Gasteiger partial charge < -0.3 is 4.74 Å². The Labute approximate surface area is 127 Å². The largest absolute Gasteiger partial charge is 0.373 e. The first-order chi connectivity index (χ1) is 10.2. The Morgan fingerprint density at radius 3 is 1.95 bits per heavy atom. The van der Waals surface area contributed by atoms with Crippen molar-refractivity contribution in [3.05, 3.63) is 89.0 Å². The van der Waals surface area contributed by atoms with E-state index in [9.17, 15) is 0 Å². The van der Waals surface area contributed by atoms with E-state index in [-0.39, 0.29) is 6.10 Å². The zero-order valence-electron chi connectivity index (χ0n) is 12.9. The van der Waals surface area contributed by atoms with Crippen molar-refractivity contribution in [1.29, 1.82) is 0 Å². The van der Waals surface area contributed by atoms with Gasteiger partial charge in [-0.2, -0.15) is 0 Å². The lowest BCUT2D eigenvalue weighted by Crippen LogP contribution is -1.97. The Hall–Kier alpha value is -2.12. The molecule has 1 atom stereocenters. The molecule has 0 radical (unpaired) electrons. The topological polar surface area (TPSA) is 9.23 Å². The molecule has 0 bridgehead atoms. The highest BCUT2D eigenvalue weighted by Crippen LogP contribution is 2.18. The third kappa shape index (κ3) is 4.73. The summed E-state index contributed by atoms with van der Waals surface area (Å²) in [6, 6.07) is 16.9. The van der Waals surface area contributed by atoms with Crippen LogP contribution in [0, 0.1) is 13.8 Å². The van der Waals surface area contributed by atoms with Gasteiger partial charge in [-0.1, -0.05) is 84.0 Å². The van der Waals surface area contributed by atoms with E-state index < -0.39 is 0 Å². The van der Waals surface area contributed by atoms with Crippen molar-refractivity contribution in [1.82, 2.24) is 0 Å². The van der Waals surface area contributed by atoms with Gasteiger partial charge in [0.2, 0.25) is 0 Å². The highest BCUT2D eigenvalue weighted by Gasteiger charge is 2.04. The first kappa shape index (κ1) is 15.3. The molecule has 2 aromatic rings. The van der Waals surface area contributed by atoms with E-state index >= 15 is 0 Å². The number of benzene rings is 2. The van der Waals surface area contributed by atoms with Gasteiger partial charge in [-0.05, 0) is 25.0 Å². The molecule has 0 saturated carbocycles. The van der Waals surface area contributed by atoms with Crippen molar-refractivity contribution in [2.45, 2.75) is 20.0 Å². The molecule has 0 aliphatic carbocycles. The highest BCUT2D eigenvalue weighted by molar-refractivity contribution is 5.51. The van der Waals surface area contributed by atoms with E-state index in [1.165, 1.54) is 22.3 Å². The molecule has 0 heterocycles. The van der Waals surface area contributed by atoms with Gasteiger partial charge in [-0.3, -0.25) is 0 Å². The average Bonchev–Trinajstić information content (AvgIpc) is 2.50. The predicted molar refractivity (Wildman–Crippen MR) is 90.3 cm³/mol. The third-order valence-corrected chi connectivity index (χ3v) is 3.42. The molecule has 1 nitrogen and oxygen atoms in total. The second kappa shape index (κ2) is 7.61. The first-order valence-electron chi connectivity index (χ1n) is 7.20. The third-order valence-electron chi connectivity index (χ3n) is 3.42. The van der Waals surface area contributed by atoms with Crippen molar-refractivity contribution in [3.63, 3.8) is 0 Å². The number of aryl methyl sites for hydroxylation is 2. The van der Waals surface area contributed by atoms with E-state index in [0.717, 1.165) is 0 Å². The molecule has 2 aromatic carbocycles. The molecule has 2 rings (SSSR count). The Morgan fingerprint density at radius 2 is 1.38 bits per heavy atom. The summed E-state index contributed by atoms with van der Waals surface area (Å²) < 4.78 is 5.52. The maximum absolute atomic E-state index is 5.52. The van der Waals surface area contributed by atoms with Crippen molar-refractivity contribution < 1.29 is 4.74 Å². The number of hydrogen-bond acceptors (Lipinski definition) is 1. The Kier molecular flexibility index (Phi) is 5.53. The van der Waals surface area contributed by atoms with E-state index in [4.69, 9.17) is 4.74 Å². The van der Waals surface area contributed by atoms with Crippen LogP contribution in [0.3, 0.4) is 0 Å². The summed E-state index contributed by atoms with van der Waals surface area (Å²) in [6.45, 7) is 4.18. The van der Waals surface area contributed by atoms with Crippen molar-refractivity contribution in [3.8, 4) is 0 Å². The fourth-order valence-electron chi connectivity index (χ4n) is 2.09. The van der Waals surface area contributed by atoms with Crippen LogP contribution in [0.25, 0.3) is 6.08 Å². The number of hydrogen-bond donors (Lipinski definition) is 0. The maximum Gasteiger partial charge on any atom is 0.101 e. The molecule has 21 heavy (non-hydrogen) atoms. The zero-order valence-corrected chi connectivity index (χ0v) is 12.9. The normalized spacial score (nSPS) is 13.1. The Morgan fingerprint density at radius 1 is 0.810 bits per heavy atom. The number of allylic oxidation sites excluding steroid dienone is 2. The van der Waals surface area contributed by atoms with Gasteiger partial charge in [-0.15, -0.1) is 0 Å². The van der Waals surface area contributed by atoms with Gasteiger partial charge in [0.25, 0.3) is 0 Å². The summed E-state index contributed by atoms with van der Waals surface area (Å²) in [5, 5.41) is 0. The SMILES string of the molecule is COC(/C=C/C=C/c1ccc(C)cc1)c1ccc(C)cc1. The molecule has 1 unspecified atom stereocenters. The Balaban J connectivity index is 2.01. The molecule has 0 spiro atoms. The van der Waals surface area contributed by atoms with Gasteiger partial charge in [0.15, 0.2) is 0 Å². The molecule has 0 fully saturated rings. The Bertz CT molecular complexity index is 603. The van der Waals surface area contributed by atoms with Gasteiger partial charge in [-0.25, -0.2) is 0 Å². The summed E-state index contributed by atoms with van der Waals surface area (Å²) in [6.07, 6.45) is 8.24.